The Morgan fingerprint density at radius 1 is 1.69 bits per heavy atom. The molecule has 0 saturated heterocycles. The number of rotatable bonds is 5. The van der Waals surface area contributed by atoms with E-state index in [1.165, 1.54) is 0 Å². The maximum atomic E-state index is 11.9. The van der Waals surface area contributed by atoms with E-state index in [-0.39, 0.29) is 5.91 Å². The van der Waals surface area contributed by atoms with Gasteiger partial charge in [0.05, 0.1) is 4.99 Å². The molecule has 1 heterocycles. The molecule has 0 unspecified atom stereocenters. The molecule has 1 amide bonds. The van der Waals surface area contributed by atoms with Crippen molar-refractivity contribution in [2.24, 2.45) is 5.73 Å². The maximum absolute atomic E-state index is 11.9. The van der Waals surface area contributed by atoms with Crippen LogP contribution < -0.4 is 5.73 Å². The third-order valence-corrected chi connectivity index (χ3v) is 2.35. The van der Waals surface area contributed by atoms with Crippen LogP contribution in [0.3, 0.4) is 0 Å². The zero-order valence-electron chi connectivity index (χ0n) is 9.40. The highest BCUT2D eigenvalue weighted by Gasteiger charge is 2.17. The predicted octanol–water partition coefficient (Wildman–Crippen LogP) is 1.12. The van der Waals surface area contributed by atoms with Gasteiger partial charge >= 0.3 is 0 Å². The topological polar surface area (TPSA) is 72.4 Å². The van der Waals surface area contributed by atoms with Crippen LogP contribution in [0.1, 0.15) is 29.6 Å². The molecule has 0 bridgehead atoms. The smallest absolute Gasteiger partial charge is 0.276 e. The number of nitrogens with two attached hydrogens (primary N) is 1. The van der Waals surface area contributed by atoms with E-state index in [9.17, 15) is 4.79 Å². The zero-order valence-corrected chi connectivity index (χ0v) is 10.2. The molecule has 0 aliphatic rings. The van der Waals surface area contributed by atoms with Crippen LogP contribution in [0.2, 0.25) is 0 Å². The van der Waals surface area contributed by atoms with Crippen molar-refractivity contribution in [3.8, 4) is 0 Å². The summed E-state index contributed by atoms with van der Waals surface area (Å²) in [6.07, 6.45) is 0.520. The van der Waals surface area contributed by atoms with Gasteiger partial charge in [-0.1, -0.05) is 17.4 Å². The minimum atomic E-state index is -0.157. The lowest BCUT2D eigenvalue weighted by Gasteiger charge is -2.18. The fourth-order valence-electron chi connectivity index (χ4n) is 1.28. The Morgan fingerprint density at radius 3 is 2.81 bits per heavy atom. The van der Waals surface area contributed by atoms with Crippen molar-refractivity contribution in [1.29, 1.82) is 0 Å². The van der Waals surface area contributed by atoms with E-state index in [0.717, 1.165) is 0 Å². The van der Waals surface area contributed by atoms with E-state index < -0.39 is 0 Å². The Hall–Kier alpha value is -1.43. The summed E-state index contributed by atoms with van der Waals surface area (Å²) in [6.45, 7) is 4.74. The van der Waals surface area contributed by atoms with Crippen LogP contribution in [-0.4, -0.2) is 34.0 Å². The molecule has 5 nitrogen and oxygen atoms in total. The first-order valence-electron chi connectivity index (χ1n) is 5.05. The van der Waals surface area contributed by atoms with Crippen LogP contribution in [0.4, 0.5) is 0 Å². The summed E-state index contributed by atoms with van der Waals surface area (Å²) >= 11 is 4.77. The second-order valence-electron chi connectivity index (χ2n) is 3.42. The lowest BCUT2D eigenvalue weighted by Crippen LogP contribution is -2.33. The summed E-state index contributed by atoms with van der Waals surface area (Å²) in [5.41, 5.74) is 5.72. The first-order chi connectivity index (χ1) is 7.54. The highest BCUT2D eigenvalue weighted by molar-refractivity contribution is 7.80. The molecule has 0 spiro atoms. The van der Waals surface area contributed by atoms with Crippen molar-refractivity contribution in [2.45, 2.75) is 20.3 Å². The highest BCUT2D eigenvalue weighted by Crippen LogP contribution is 2.06. The average molecular weight is 241 g/mol. The minimum absolute atomic E-state index is 0.157. The molecule has 0 radical (unpaired) electrons. The minimum Gasteiger partial charge on any atom is -0.393 e. The number of carbonyl (C=O) groups is 1. The SMILES string of the molecule is CCN(CCC(N)=S)C(=O)c1cc(C)on1. The number of hydrogen-bond acceptors (Lipinski definition) is 4. The zero-order chi connectivity index (χ0) is 12.1. The number of aromatic nitrogens is 1. The van der Waals surface area contributed by atoms with Crippen molar-refractivity contribution in [3.05, 3.63) is 17.5 Å². The lowest BCUT2D eigenvalue weighted by atomic mass is 10.3. The third-order valence-electron chi connectivity index (χ3n) is 2.14. The largest absolute Gasteiger partial charge is 0.393 e. The Morgan fingerprint density at radius 2 is 2.38 bits per heavy atom. The van der Waals surface area contributed by atoms with E-state index in [1.54, 1.807) is 17.9 Å². The van der Waals surface area contributed by atoms with Crippen molar-refractivity contribution in [2.75, 3.05) is 13.1 Å². The lowest BCUT2D eigenvalue weighted by molar-refractivity contribution is 0.0758. The molecule has 1 aromatic rings. The predicted molar refractivity (Wildman–Crippen MR) is 64.2 cm³/mol. The number of amides is 1. The van der Waals surface area contributed by atoms with Crippen LogP contribution in [0.15, 0.2) is 10.6 Å². The van der Waals surface area contributed by atoms with Crippen LogP contribution in [0.25, 0.3) is 0 Å². The fraction of sp³-hybridized carbons (Fsp3) is 0.500. The summed E-state index contributed by atoms with van der Waals surface area (Å²) in [7, 11) is 0. The molecule has 1 aromatic heterocycles. The molecule has 6 heteroatoms. The van der Waals surface area contributed by atoms with Gasteiger partial charge in [-0.25, -0.2) is 0 Å². The van der Waals surface area contributed by atoms with Gasteiger partial charge < -0.3 is 15.2 Å². The number of hydrogen-bond donors (Lipinski definition) is 1. The average Bonchev–Trinajstić information content (AvgIpc) is 2.65. The number of carbonyl (C=O) groups excluding carboxylic acids is 1. The number of aryl methyl sites for hydroxylation is 1. The quantitative estimate of drug-likeness (QED) is 0.782. The molecular formula is C10H15N3O2S. The molecule has 0 aliphatic carbocycles. The summed E-state index contributed by atoms with van der Waals surface area (Å²) < 4.78 is 4.86. The molecular weight excluding hydrogens is 226 g/mol. The highest BCUT2D eigenvalue weighted by atomic mass is 32.1. The van der Waals surface area contributed by atoms with Gasteiger partial charge in [0.15, 0.2) is 5.69 Å². The summed E-state index contributed by atoms with van der Waals surface area (Å²) in [5.74, 6) is 0.462. The first kappa shape index (κ1) is 12.6. The van der Waals surface area contributed by atoms with E-state index in [1.807, 2.05) is 6.92 Å². The molecule has 1 rings (SSSR count). The van der Waals surface area contributed by atoms with Crippen molar-refractivity contribution >= 4 is 23.1 Å². The van der Waals surface area contributed by atoms with Crippen LogP contribution >= 0.6 is 12.2 Å². The van der Waals surface area contributed by atoms with Gasteiger partial charge in [0.25, 0.3) is 5.91 Å². The second kappa shape index (κ2) is 5.60. The van der Waals surface area contributed by atoms with Crippen LogP contribution in [0, 0.1) is 6.92 Å². The number of thiocarbonyl (C=S) groups is 1. The van der Waals surface area contributed by atoms with Gasteiger partial charge in [0, 0.05) is 25.6 Å². The van der Waals surface area contributed by atoms with Gasteiger partial charge in [-0.05, 0) is 13.8 Å². The Labute approximate surface area is 99.6 Å². The van der Waals surface area contributed by atoms with Gasteiger partial charge in [-0.2, -0.15) is 0 Å². The van der Waals surface area contributed by atoms with Crippen molar-refractivity contribution in [3.63, 3.8) is 0 Å². The standard InChI is InChI=1S/C10H15N3O2S/c1-3-13(5-4-9(11)16)10(14)8-6-7(2)15-12-8/h6H,3-5H2,1-2H3,(H2,11,16). The molecule has 0 fully saturated rings. The molecule has 2 N–H and O–H groups in total. The van der Waals surface area contributed by atoms with Crippen molar-refractivity contribution in [1.82, 2.24) is 10.1 Å². The maximum Gasteiger partial charge on any atom is 0.276 e. The van der Waals surface area contributed by atoms with Gasteiger partial charge in [0.2, 0.25) is 0 Å². The molecule has 0 aliphatic heterocycles. The van der Waals surface area contributed by atoms with Gasteiger partial charge in [-0.3, -0.25) is 4.79 Å². The monoisotopic (exact) mass is 241 g/mol. The van der Waals surface area contributed by atoms with Gasteiger partial charge in [-0.15, -0.1) is 0 Å². The molecule has 0 saturated carbocycles. The first-order valence-corrected chi connectivity index (χ1v) is 5.46. The molecule has 16 heavy (non-hydrogen) atoms. The van der Waals surface area contributed by atoms with Crippen LogP contribution in [-0.2, 0) is 0 Å². The normalized spacial score (nSPS) is 10.1. The Bertz CT molecular complexity index is 389. The van der Waals surface area contributed by atoms with Gasteiger partial charge in [0.1, 0.15) is 5.76 Å². The Kier molecular flexibility index (Phi) is 4.42. The third kappa shape index (κ3) is 3.30. The summed E-state index contributed by atoms with van der Waals surface area (Å²) in [6, 6.07) is 1.62. The van der Waals surface area contributed by atoms with E-state index in [0.29, 0.717) is 36.0 Å². The fourth-order valence-corrected chi connectivity index (χ4v) is 1.37. The molecule has 0 aromatic carbocycles. The molecule has 88 valence electrons. The van der Waals surface area contributed by atoms with Crippen molar-refractivity contribution < 1.29 is 9.32 Å². The Balaban J connectivity index is 2.66. The summed E-state index contributed by atoms with van der Waals surface area (Å²) in [4.78, 5) is 14.0. The van der Waals surface area contributed by atoms with E-state index >= 15 is 0 Å². The van der Waals surface area contributed by atoms with E-state index in [2.05, 4.69) is 5.16 Å². The molecule has 0 atom stereocenters. The number of nitrogens with zero attached hydrogens (tertiary/aromatic N) is 2. The second-order valence-corrected chi connectivity index (χ2v) is 3.95. The van der Waals surface area contributed by atoms with Crippen LogP contribution in [0.5, 0.6) is 0 Å². The van der Waals surface area contributed by atoms with E-state index in [4.69, 9.17) is 22.5 Å². The summed E-state index contributed by atoms with van der Waals surface area (Å²) in [5, 5.41) is 3.68.